The Bertz CT molecular complexity index is 553. The standard InChI is InChI=1S/C16H25NO2S/c1-2-20(18,19)11-5-9-16(13-17)10-8-14-6-3-4-7-15(14)12-16/h3-4,6-7H,2,5,8-13,17H2,1H3. The van der Waals surface area contributed by atoms with Crippen LogP contribution in [-0.2, 0) is 22.7 Å². The van der Waals surface area contributed by atoms with Crippen molar-refractivity contribution in [3.05, 3.63) is 35.4 Å². The van der Waals surface area contributed by atoms with Gasteiger partial charge in [0, 0.05) is 5.75 Å². The van der Waals surface area contributed by atoms with Crippen molar-refractivity contribution in [1.29, 1.82) is 0 Å². The molecular weight excluding hydrogens is 270 g/mol. The van der Waals surface area contributed by atoms with E-state index in [-0.39, 0.29) is 11.2 Å². The molecule has 0 aromatic heterocycles. The summed E-state index contributed by atoms with van der Waals surface area (Å²) in [7, 11) is -2.86. The van der Waals surface area contributed by atoms with Crippen LogP contribution >= 0.6 is 0 Å². The summed E-state index contributed by atoms with van der Waals surface area (Å²) in [5, 5.41) is 0. The first kappa shape index (κ1) is 15.5. The molecule has 0 heterocycles. The molecule has 20 heavy (non-hydrogen) atoms. The van der Waals surface area contributed by atoms with Crippen molar-refractivity contribution >= 4 is 9.84 Å². The quantitative estimate of drug-likeness (QED) is 0.876. The zero-order valence-electron chi connectivity index (χ0n) is 12.3. The first-order valence-electron chi connectivity index (χ1n) is 7.47. The van der Waals surface area contributed by atoms with Gasteiger partial charge in [-0.05, 0) is 55.2 Å². The van der Waals surface area contributed by atoms with Gasteiger partial charge in [-0.25, -0.2) is 8.42 Å². The van der Waals surface area contributed by atoms with E-state index in [0.717, 1.165) is 32.1 Å². The number of benzene rings is 1. The first-order chi connectivity index (χ1) is 9.50. The number of sulfone groups is 1. The molecule has 1 aromatic carbocycles. The lowest BCUT2D eigenvalue weighted by Gasteiger charge is -2.37. The van der Waals surface area contributed by atoms with Crippen LogP contribution in [0.25, 0.3) is 0 Å². The highest BCUT2D eigenvalue weighted by atomic mass is 32.2. The summed E-state index contributed by atoms with van der Waals surface area (Å²) in [6.07, 6.45) is 4.78. The third-order valence-electron chi connectivity index (χ3n) is 4.64. The summed E-state index contributed by atoms with van der Waals surface area (Å²) in [4.78, 5) is 0. The van der Waals surface area contributed by atoms with Gasteiger partial charge in [0.2, 0.25) is 0 Å². The molecule has 1 atom stereocenters. The highest BCUT2D eigenvalue weighted by Crippen LogP contribution is 2.38. The van der Waals surface area contributed by atoms with E-state index in [0.29, 0.717) is 12.3 Å². The summed E-state index contributed by atoms with van der Waals surface area (Å²) in [5.74, 6) is 0.540. The van der Waals surface area contributed by atoms with Crippen molar-refractivity contribution in [3.63, 3.8) is 0 Å². The van der Waals surface area contributed by atoms with Gasteiger partial charge in [-0.3, -0.25) is 0 Å². The van der Waals surface area contributed by atoms with Gasteiger partial charge in [0.25, 0.3) is 0 Å². The molecule has 0 radical (unpaired) electrons. The molecular formula is C16H25NO2S. The fourth-order valence-corrected chi connectivity index (χ4v) is 4.04. The number of aryl methyl sites for hydroxylation is 1. The van der Waals surface area contributed by atoms with Gasteiger partial charge in [0.1, 0.15) is 9.84 Å². The average molecular weight is 295 g/mol. The van der Waals surface area contributed by atoms with E-state index in [1.165, 1.54) is 11.1 Å². The van der Waals surface area contributed by atoms with Gasteiger partial charge in [0.15, 0.2) is 0 Å². The van der Waals surface area contributed by atoms with Crippen LogP contribution in [0.2, 0.25) is 0 Å². The minimum atomic E-state index is -2.86. The Morgan fingerprint density at radius 1 is 1.25 bits per heavy atom. The molecule has 1 aliphatic carbocycles. The third kappa shape index (κ3) is 3.61. The SMILES string of the molecule is CCS(=O)(=O)CCCC1(CN)CCc2ccccc2C1. The van der Waals surface area contributed by atoms with E-state index in [1.54, 1.807) is 6.92 Å². The predicted octanol–water partition coefficient (Wildman–Crippen LogP) is 2.34. The van der Waals surface area contributed by atoms with Gasteiger partial charge < -0.3 is 5.73 Å². The molecule has 0 spiro atoms. The summed E-state index contributed by atoms with van der Waals surface area (Å²) in [6.45, 7) is 2.36. The Morgan fingerprint density at radius 2 is 1.95 bits per heavy atom. The molecule has 2 rings (SSSR count). The van der Waals surface area contributed by atoms with Crippen molar-refractivity contribution in [1.82, 2.24) is 0 Å². The van der Waals surface area contributed by atoms with E-state index in [2.05, 4.69) is 24.3 Å². The van der Waals surface area contributed by atoms with Crippen LogP contribution in [0.5, 0.6) is 0 Å². The maximum absolute atomic E-state index is 11.6. The van der Waals surface area contributed by atoms with Crippen molar-refractivity contribution in [3.8, 4) is 0 Å². The molecule has 0 aliphatic heterocycles. The molecule has 0 amide bonds. The molecule has 1 aromatic rings. The number of hydrogen-bond donors (Lipinski definition) is 1. The second-order valence-corrected chi connectivity index (χ2v) is 8.46. The fraction of sp³-hybridized carbons (Fsp3) is 0.625. The Morgan fingerprint density at radius 3 is 2.60 bits per heavy atom. The monoisotopic (exact) mass is 295 g/mol. The lowest BCUT2D eigenvalue weighted by atomic mass is 9.69. The van der Waals surface area contributed by atoms with E-state index in [4.69, 9.17) is 5.73 Å². The maximum Gasteiger partial charge on any atom is 0.150 e. The first-order valence-corrected chi connectivity index (χ1v) is 9.30. The highest BCUT2D eigenvalue weighted by Gasteiger charge is 2.32. The average Bonchev–Trinajstić information content (AvgIpc) is 2.47. The Labute approximate surface area is 122 Å². The molecule has 4 heteroatoms. The van der Waals surface area contributed by atoms with Gasteiger partial charge in [0.05, 0.1) is 5.75 Å². The van der Waals surface area contributed by atoms with Crippen molar-refractivity contribution in [2.45, 2.75) is 39.0 Å². The molecule has 0 saturated heterocycles. The Hall–Kier alpha value is -0.870. The van der Waals surface area contributed by atoms with Gasteiger partial charge in [-0.2, -0.15) is 0 Å². The molecule has 1 unspecified atom stereocenters. The minimum Gasteiger partial charge on any atom is -0.330 e. The topological polar surface area (TPSA) is 60.2 Å². The number of hydrogen-bond acceptors (Lipinski definition) is 3. The summed E-state index contributed by atoms with van der Waals surface area (Å²) in [5.41, 5.74) is 8.94. The number of nitrogens with two attached hydrogens (primary N) is 1. The summed E-state index contributed by atoms with van der Waals surface area (Å²) in [6, 6.07) is 8.54. The second kappa shape index (κ2) is 6.27. The fourth-order valence-electron chi connectivity index (χ4n) is 3.17. The third-order valence-corrected chi connectivity index (χ3v) is 6.43. The van der Waals surface area contributed by atoms with Gasteiger partial charge in [-0.1, -0.05) is 31.2 Å². The second-order valence-electron chi connectivity index (χ2n) is 5.99. The largest absolute Gasteiger partial charge is 0.330 e. The molecule has 2 N–H and O–H groups in total. The van der Waals surface area contributed by atoms with E-state index in [9.17, 15) is 8.42 Å². The number of fused-ring (bicyclic) bond motifs is 1. The van der Waals surface area contributed by atoms with Crippen molar-refractivity contribution in [2.75, 3.05) is 18.1 Å². The Kier molecular flexibility index (Phi) is 4.86. The zero-order chi connectivity index (χ0) is 14.6. The van der Waals surface area contributed by atoms with Crippen LogP contribution in [0, 0.1) is 5.41 Å². The van der Waals surface area contributed by atoms with E-state index >= 15 is 0 Å². The molecule has 1 aliphatic rings. The summed E-state index contributed by atoms with van der Waals surface area (Å²) < 4.78 is 23.2. The van der Waals surface area contributed by atoms with Crippen LogP contribution < -0.4 is 5.73 Å². The van der Waals surface area contributed by atoms with Crippen molar-refractivity contribution < 1.29 is 8.42 Å². The normalized spacial score (nSPS) is 22.5. The highest BCUT2D eigenvalue weighted by molar-refractivity contribution is 7.91. The maximum atomic E-state index is 11.6. The lowest BCUT2D eigenvalue weighted by Crippen LogP contribution is -2.36. The molecule has 112 valence electrons. The minimum absolute atomic E-state index is 0.0949. The molecule has 0 fully saturated rings. The summed E-state index contributed by atoms with van der Waals surface area (Å²) >= 11 is 0. The van der Waals surface area contributed by atoms with Gasteiger partial charge >= 0.3 is 0 Å². The van der Waals surface area contributed by atoms with Gasteiger partial charge in [-0.15, -0.1) is 0 Å². The number of rotatable bonds is 6. The Balaban J connectivity index is 2.02. The van der Waals surface area contributed by atoms with E-state index in [1.807, 2.05) is 0 Å². The van der Waals surface area contributed by atoms with Crippen LogP contribution in [0.3, 0.4) is 0 Å². The smallest absolute Gasteiger partial charge is 0.150 e. The van der Waals surface area contributed by atoms with Crippen LogP contribution in [0.1, 0.15) is 37.3 Å². The van der Waals surface area contributed by atoms with Crippen LogP contribution in [-0.4, -0.2) is 26.5 Å². The predicted molar refractivity (Wildman–Crippen MR) is 83.5 cm³/mol. The molecule has 3 nitrogen and oxygen atoms in total. The zero-order valence-corrected chi connectivity index (χ0v) is 13.1. The van der Waals surface area contributed by atoms with Crippen LogP contribution in [0.15, 0.2) is 24.3 Å². The molecule has 0 saturated carbocycles. The van der Waals surface area contributed by atoms with Crippen LogP contribution in [0.4, 0.5) is 0 Å². The molecule has 0 bridgehead atoms. The van der Waals surface area contributed by atoms with E-state index < -0.39 is 9.84 Å². The lowest BCUT2D eigenvalue weighted by molar-refractivity contribution is 0.233. The van der Waals surface area contributed by atoms with Crippen molar-refractivity contribution in [2.24, 2.45) is 11.1 Å².